The number of nitrogens with zero attached hydrogens (tertiary/aromatic N) is 1. The van der Waals surface area contributed by atoms with Crippen LogP contribution in [0.5, 0.6) is 5.75 Å². The highest BCUT2D eigenvalue weighted by molar-refractivity contribution is 5.79. The number of allylic oxidation sites excluding steroid dienone is 2. The van der Waals surface area contributed by atoms with Crippen LogP contribution in [0.4, 0.5) is 0 Å². The number of likely N-dealkylation sites (N-methyl/N-ethyl adjacent to an activating group) is 1. The zero-order chi connectivity index (χ0) is 14.8. The molecule has 21 heavy (non-hydrogen) atoms. The molecule has 2 bridgehead atoms. The molecule has 0 unspecified atom stereocenters. The summed E-state index contributed by atoms with van der Waals surface area (Å²) in [5.41, 5.74) is 1.22. The molecule has 1 aromatic carbocycles. The summed E-state index contributed by atoms with van der Waals surface area (Å²) in [4.78, 5) is 14.3. The second-order valence-corrected chi connectivity index (χ2v) is 6.31. The molecule has 0 N–H and O–H groups in total. The lowest BCUT2D eigenvalue weighted by atomic mass is 9.92. The molecule has 2 aliphatic carbocycles. The number of hydrogen-bond donors (Lipinski definition) is 0. The SMILES string of the molecule is Cc1ccc(OCCN(C)C(=O)[C@H]2C[C@@H]3C=C[C@H]2C3)cc1. The van der Waals surface area contributed by atoms with Crippen LogP contribution in [0, 0.1) is 24.7 Å². The molecule has 0 aliphatic heterocycles. The molecule has 0 aromatic heterocycles. The molecule has 112 valence electrons. The Balaban J connectivity index is 1.45. The van der Waals surface area contributed by atoms with Gasteiger partial charge < -0.3 is 9.64 Å². The van der Waals surface area contributed by atoms with Gasteiger partial charge in [-0.15, -0.1) is 0 Å². The van der Waals surface area contributed by atoms with Crippen LogP contribution in [-0.4, -0.2) is 31.0 Å². The zero-order valence-corrected chi connectivity index (χ0v) is 12.8. The molecule has 3 atom stereocenters. The first-order chi connectivity index (χ1) is 10.1. The smallest absolute Gasteiger partial charge is 0.226 e. The van der Waals surface area contributed by atoms with Gasteiger partial charge in [0.05, 0.1) is 6.54 Å². The molecule has 1 aromatic rings. The van der Waals surface area contributed by atoms with Crippen molar-refractivity contribution in [1.82, 2.24) is 4.90 Å². The van der Waals surface area contributed by atoms with Gasteiger partial charge in [-0.25, -0.2) is 0 Å². The van der Waals surface area contributed by atoms with E-state index in [9.17, 15) is 4.79 Å². The van der Waals surface area contributed by atoms with E-state index < -0.39 is 0 Å². The Morgan fingerprint density at radius 2 is 2.00 bits per heavy atom. The highest BCUT2D eigenvalue weighted by atomic mass is 16.5. The van der Waals surface area contributed by atoms with Crippen molar-refractivity contribution in [2.75, 3.05) is 20.2 Å². The van der Waals surface area contributed by atoms with Gasteiger partial charge in [-0.2, -0.15) is 0 Å². The third kappa shape index (κ3) is 3.12. The average molecular weight is 285 g/mol. The van der Waals surface area contributed by atoms with Gasteiger partial charge in [-0.05, 0) is 43.7 Å². The van der Waals surface area contributed by atoms with E-state index in [0.717, 1.165) is 12.2 Å². The summed E-state index contributed by atoms with van der Waals surface area (Å²) in [6, 6.07) is 8.01. The van der Waals surface area contributed by atoms with Gasteiger partial charge in [-0.1, -0.05) is 29.8 Å². The van der Waals surface area contributed by atoms with Crippen molar-refractivity contribution >= 4 is 5.91 Å². The molecule has 1 saturated carbocycles. The van der Waals surface area contributed by atoms with Gasteiger partial charge in [0.15, 0.2) is 0 Å². The Hall–Kier alpha value is -1.77. The monoisotopic (exact) mass is 285 g/mol. The van der Waals surface area contributed by atoms with E-state index in [1.54, 1.807) is 0 Å². The van der Waals surface area contributed by atoms with E-state index in [1.165, 1.54) is 12.0 Å². The Bertz CT molecular complexity index is 535. The summed E-state index contributed by atoms with van der Waals surface area (Å²) in [7, 11) is 1.89. The van der Waals surface area contributed by atoms with E-state index in [4.69, 9.17) is 4.74 Å². The quantitative estimate of drug-likeness (QED) is 0.778. The second kappa shape index (κ2) is 5.92. The predicted molar refractivity (Wildman–Crippen MR) is 83.2 cm³/mol. The summed E-state index contributed by atoms with van der Waals surface area (Å²) in [6.45, 7) is 3.24. The molecular formula is C18H23NO2. The lowest BCUT2D eigenvalue weighted by Gasteiger charge is -2.24. The summed E-state index contributed by atoms with van der Waals surface area (Å²) < 4.78 is 5.70. The molecule has 1 amide bonds. The number of ether oxygens (including phenoxy) is 1. The standard InChI is InChI=1S/C18H23NO2/c1-13-3-7-16(8-4-13)21-10-9-19(2)18(20)17-12-14-5-6-15(17)11-14/h3-8,14-15,17H,9-12H2,1-2H3/t14-,15+,17+/m1/s1. The van der Waals surface area contributed by atoms with E-state index >= 15 is 0 Å². The van der Waals surface area contributed by atoms with Crippen LogP contribution in [-0.2, 0) is 4.79 Å². The fraction of sp³-hybridized carbons (Fsp3) is 0.500. The normalized spacial score (nSPS) is 26.1. The van der Waals surface area contributed by atoms with Crippen LogP contribution in [0.25, 0.3) is 0 Å². The summed E-state index contributed by atoms with van der Waals surface area (Å²) in [6.07, 6.45) is 6.70. The number of rotatable bonds is 5. The van der Waals surface area contributed by atoms with Gasteiger partial charge >= 0.3 is 0 Å². The summed E-state index contributed by atoms with van der Waals surface area (Å²) in [5.74, 6) is 2.46. The zero-order valence-electron chi connectivity index (χ0n) is 12.8. The Labute approximate surface area is 126 Å². The van der Waals surface area contributed by atoms with Crippen LogP contribution in [0.15, 0.2) is 36.4 Å². The summed E-state index contributed by atoms with van der Waals surface area (Å²) in [5, 5.41) is 0. The second-order valence-electron chi connectivity index (χ2n) is 6.31. The lowest BCUT2D eigenvalue weighted by Crippen LogP contribution is -2.37. The third-order valence-corrected chi connectivity index (χ3v) is 4.69. The number of hydrogen-bond acceptors (Lipinski definition) is 2. The van der Waals surface area contributed by atoms with Gasteiger partial charge in [0.2, 0.25) is 5.91 Å². The number of benzene rings is 1. The van der Waals surface area contributed by atoms with Crippen molar-refractivity contribution in [2.24, 2.45) is 17.8 Å². The maximum absolute atomic E-state index is 12.5. The molecule has 1 fully saturated rings. The van der Waals surface area contributed by atoms with Crippen molar-refractivity contribution < 1.29 is 9.53 Å². The van der Waals surface area contributed by atoms with Crippen LogP contribution in [0.1, 0.15) is 18.4 Å². The van der Waals surface area contributed by atoms with Crippen molar-refractivity contribution in [3.8, 4) is 5.75 Å². The van der Waals surface area contributed by atoms with Gasteiger partial charge in [0.25, 0.3) is 0 Å². The Morgan fingerprint density at radius 3 is 2.62 bits per heavy atom. The van der Waals surface area contributed by atoms with E-state index in [0.29, 0.717) is 25.0 Å². The minimum atomic E-state index is 0.198. The lowest BCUT2D eigenvalue weighted by molar-refractivity contribution is -0.135. The summed E-state index contributed by atoms with van der Waals surface area (Å²) >= 11 is 0. The van der Waals surface area contributed by atoms with Crippen molar-refractivity contribution in [3.63, 3.8) is 0 Å². The molecule has 3 heteroatoms. The largest absolute Gasteiger partial charge is 0.492 e. The van der Waals surface area contributed by atoms with Crippen LogP contribution in [0.3, 0.4) is 0 Å². The molecule has 0 radical (unpaired) electrons. The molecule has 3 rings (SSSR count). The van der Waals surface area contributed by atoms with Gasteiger partial charge in [-0.3, -0.25) is 4.79 Å². The Morgan fingerprint density at radius 1 is 1.24 bits per heavy atom. The van der Waals surface area contributed by atoms with E-state index in [-0.39, 0.29) is 11.8 Å². The first-order valence-electron chi connectivity index (χ1n) is 7.76. The van der Waals surface area contributed by atoms with Gasteiger partial charge in [0.1, 0.15) is 12.4 Å². The first-order valence-corrected chi connectivity index (χ1v) is 7.76. The van der Waals surface area contributed by atoms with Crippen molar-refractivity contribution in [3.05, 3.63) is 42.0 Å². The topological polar surface area (TPSA) is 29.5 Å². The Kier molecular flexibility index (Phi) is 4.00. The molecule has 0 heterocycles. The highest BCUT2D eigenvalue weighted by Crippen LogP contribution is 2.43. The molecule has 0 spiro atoms. The predicted octanol–water partition coefficient (Wildman–Crippen LogP) is 3.04. The van der Waals surface area contributed by atoms with E-state index in [1.807, 2.05) is 36.2 Å². The fourth-order valence-corrected chi connectivity index (χ4v) is 3.39. The van der Waals surface area contributed by atoms with Gasteiger partial charge in [0, 0.05) is 13.0 Å². The highest BCUT2D eigenvalue weighted by Gasteiger charge is 2.40. The van der Waals surface area contributed by atoms with Crippen LogP contribution < -0.4 is 4.74 Å². The minimum Gasteiger partial charge on any atom is -0.492 e. The maximum Gasteiger partial charge on any atom is 0.226 e. The third-order valence-electron chi connectivity index (χ3n) is 4.69. The molecule has 3 nitrogen and oxygen atoms in total. The number of amides is 1. The average Bonchev–Trinajstić information content (AvgIpc) is 3.11. The first kappa shape index (κ1) is 14.2. The molecular weight excluding hydrogens is 262 g/mol. The van der Waals surface area contributed by atoms with Crippen LogP contribution in [0.2, 0.25) is 0 Å². The number of carbonyl (C=O) groups is 1. The fourth-order valence-electron chi connectivity index (χ4n) is 3.39. The number of fused-ring (bicyclic) bond motifs is 2. The van der Waals surface area contributed by atoms with Crippen molar-refractivity contribution in [1.29, 1.82) is 0 Å². The minimum absolute atomic E-state index is 0.198. The van der Waals surface area contributed by atoms with Crippen LogP contribution >= 0.6 is 0 Å². The number of aryl methyl sites for hydroxylation is 1. The number of carbonyl (C=O) groups excluding carboxylic acids is 1. The molecule has 2 aliphatic rings. The maximum atomic E-state index is 12.5. The molecule has 0 saturated heterocycles. The van der Waals surface area contributed by atoms with E-state index in [2.05, 4.69) is 19.1 Å². The van der Waals surface area contributed by atoms with Crippen molar-refractivity contribution in [2.45, 2.75) is 19.8 Å².